The highest BCUT2D eigenvalue weighted by molar-refractivity contribution is 5.86. The molecule has 1 radical (unpaired) electrons. The fraction of sp³-hybridized carbons (Fsp3) is 0.812. The van der Waals surface area contributed by atoms with Gasteiger partial charge in [-0.15, -0.1) is 0 Å². The van der Waals surface area contributed by atoms with Crippen molar-refractivity contribution >= 4 is 5.97 Å². The monoisotopic (exact) mass is 270 g/mol. The van der Waals surface area contributed by atoms with Crippen LogP contribution in [-0.2, 0) is 9.63 Å². The quantitative estimate of drug-likeness (QED) is 0.243. The lowest BCUT2D eigenvalue weighted by atomic mass is 10.2. The maximum Gasteiger partial charge on any atom is 0.665 e. The highest BCUT2D eigenvalue weighted by Gasteiger charge is 2.41. The molecule has 0 amide bonds. The highest BCUT2D eigenvalue weighted by atomic mass is 16.7. The number of carbonyl (C=O) groups excluding carboxylic acids is 1. The van der Waals surface area contributed by atoms with Crippen LogP contribution >= 0.6 is 0 Å². The van der Waals surface area contributed by atoms with Gasteiger partial charge >= 0.3 is 5.97 Å². The number of rotatable bonds is 11. The summed E-state index contributed by atoms with van der Waals surface area (Å²) < 4.78 is 0.487. The van der Waals surface area contributed by atoms with E-state index >= 15 is 0 Å². The van der Waals surface area contributed by atoms with Crippen LogP contribution in [0.5, 0.6) is 0 Å². The molecule has 0 saturated heterocycles. The van der Waals surface area contributed by atoms with E-state index in [4.69, 9.17) is 4.84 Å². The van der Waals surface area contributed by atoms with Gasteiger partial charge in [0.2, 0.25) is 0 Å². The zero-order valence-electron chi connectivity index (χ0n) is 13.3. The second-order valence-electron chi connectivity index (χ2n) is 5.45. The molecule has 3 heteroatoms. The van der Waals surface area contributed by atoms with Crippen molar-refractivity contribution < 1.29 is 14.3 Å². The number of unbranched alkanes of at least 4 members (excludes halogenated alkanes) is 3. The third-order valence-electron chi connectivity index (χ3n) is 3.38. The average molecular weight is 270 g/mol. The zero-order chi connectivity index (χ0) is 14.7. The minimum Gasteiger partial charge on any atom is -0.0823 e. The standard InChI is InChI=1S/C16H32NO2/c1-6-9-12-17(13-10-7-2,14-11-8-3)19-16(18)15(4)5/h4,6-14H2,1-3,5H3/q+2. The van der Waals surface area contributed by atoms with Crippen molar-refractivity contribution in [1.82, 2.24) is 0 Å². The summed E-state index contributed by atoms with van der Waals surface area (Å²) in [5, 5.41) is 0. The molecule has 0 saturated carbocycles. The van der Waals surface area contributed by atoms with E-state index in [2.05, 4.69) is 27.4 Å². The third kappa shape index (κ3) is 7.36. The van der Waals surface area contributed by atoms with E-state index < -0.39 is 0 Å². The molecule has 0 aromatic heterocycles. The number of hydrogen-bond acceptors (Lipinski definition) is 2. The van der Waals surface area contributed by atoms with E-state index in [1.807, 2.05) is 0 Å². The van der Waals surface area contributed by atoms with Crippen molar-refractivity contribution in [2.75, 3.05) is 19.6 Å². The number of nitrogens with zero attached hydrogens (tertiary/aromatic N) is 1. The third-order valence-corrected chi connectivity index (χ3v) is 3.38. The Kier molecular flexibility index (Phi) is 9.58. The fourth-order valence-corrected chi connectivity index (χ4v) is 2.06. The fourth-order valence-electron chi connectivity index (χ4n) is 2.06. The SMILES string of the molecule is C=C(C)C(=[O+])O[N+](CCCC)(CCCC)CCCC. The lowest BCUT2D eigenvalue weighted by Gasteiger charge is -2.27. The molecule has 0 aromatic rings. The van der Waals surface area contributed by atoms with Crippen LogP contribution in [0.15, 0.2) is 12.2 Å². The van der Waals surface area contributed by atoms with Crippen LogP contribution in [-0.4, -0.2) is 30.2 Å². The Morgan fingerprint density at radius 2 is 1.32 bits per heavy atom. The van der Waals surface area contributed by atoms with Crippen molar-refractivity contribution in [2.45, 2.75) is 66.2 Å². The molecule has 0 N–H and O–H groups in total. The molecule has 0 atom stereocenters. The van der Waals surface area contributed by atoms with Gasteiger partial charge in [0.25, 0.3) is 0 Å². The lowest BCUT2D eigenvalue weighted by Crippen LogP contribution is -2.51. The molecule has 0 bridgehead atoms. The Morgan fingerprint density at radius 3 is 1.58 bits per heavy atom. The van der Waals surface area contributed by atoms with Gasteiger partial charge in [0.05, 0.1) is 4.79 Å². The molecule has 0 aliphatic carbocycles. The molecule has 0 rings (SSSR count). The summed E-state index contributed by atoms with van der Waals surface area (Å²) in [6, 6.07) is 0. The van der Waals surface area contributed by atoms with Gasteiger partial charge < -0.3 is 0 Å². The van der Waals surface area contributed by atoms with Gasteiger partial charge in [0.15, 0.2) is 0 Å². The lowest BCUT2D eigenvalue weighted by molar-refractivity contribution is -1.09. The second-order valence-corrected chi connectivity index (χ2v) is 5.45. The number of hydroxylamine groups is 3. The summed E-state index contributed by atoms with van der Waals surface area (Å²) in [7, 11) is 0. The van der Waals surface area contributed by atoms with E-state index in [-0.39, 0.29) is 5.97 Å². The highest BCUT2D eigenvalue weighted by Crippen LogP contribution is 2.17. The molecule has 3 nitrogen and oxygen atoms in total. The molecule has 0 fully saturated rings. The first-order valence-electron chi connectivity index (χ1n) is 7.76. The molecule has 0 aliphatic rings. The smallest absolute Gasteiger partial charge is 0.0823 e. The summed E-state index contributed by atoms with van der Waals surface area (Å²) in [5.41, 5.74) is 0.493. The predicted molar refractivity (Wildman–Crippen MR) is 80.5 cm³/mol. The van der Waals surface area contributed by atoms with Gasteiger partial charge in [0, 0.05) is 19.3 Å². The van der Waals surface area contributed by atoms with Crippen LogP contribution in [0.4, 0.5) is 0 Å². The van der Waals surface area contributed by atoms with Crippen LogP contribution in [0.25, 0.3) is 0 Å². The van der Waals surface area contributed by atoms with Gasteiger partial charge in [-0.25, -0.2) is 0 Å². The molecule has 0 spiro atoms. The van der Waals surface area contributed by atoms with Gasteiger partial charge in [-0.2, -0.15) is 0 Å². The van der Waals surface area contributed by atoms with Crippen LogP contribution in [0.1, 0.15) is 66.2 Å². The van der Waals surface area contributed by atoms with E-state index in [9.17, 15) is 4.79 Å². The normalized spacial score (nSPS) is 11.4. The molecular weight excluding hydrogens is 238 g/mol. The Hall–Kier alpha value is -0.830. The van der Waals surface area contributed by atoms with Crippen LogP contribution in [0.2, 0.25) is 0 Å². The van der Waals surface area contributed by atoms with Crippen molar-refractivity contribution in [1.29, 1.82) is 0 Å². The molecule has 0 unspecified atom stereocenters. The van der Waals surface area contributed by atoms with Crippen molar-refractivity contribution in [3.8, 4) is 0 Å². The zero-order valence-corrected chi connectivity index (χ0v) is 13.3. The largest absolute Gasteiger partial charge is 0.665 e. The van der Waals surface area contributed by atoms with Gasteiger partial charge in [-0.1, -0.05) is 56.1 Å². The van der Waals surface area contributed by atoms with Crippen molar-refractivity contribution in [2.24, 2.45) is 0 Å². The molecule has 19 heavy (non-hydrogen) atoms. The maximum absolute atomic E-state index is 11.9. The first kappa shape index (κ1) is 18.2. The summed E-state index contributed by atoms with van der Waals surface area (Å²) >= 11 is 0. The van der Waals surface area contributed by atoms with Crippen LogP contribution in [0.3, 0.4) is 0 Å². The number of quaternary nitrogens is 1. The predicted octanol–water partition coefficient (Wildman–Crippen LogP) is 4.24. The Labute approximate surface area is 119 Å². The van der Waals surface area contributed by atoms with E-state index in [1.54, 1.807) is 6.92 Å². The van der Waals surface area contributed by atoms with E-state index in [0.29, 0.717) is 10.2 Å². The molecular formula is C16H32NO2+2. The van der Waals surface area contributed by atoms with Crippen molar-refractivity contribution in [3.63, 3.8) is 0 Å². The summed E-state index contributed by atoms with van der Waals surface area (Å²) in [6.07, 6.45) is 6.67. The molecule has 0 aliphatic heterocycles. The Bertz CT molecular complexity index is 252. The number of hydrogen-bond donors (Lipinski definition) is 0. The topological polar surface area (TPSA) is 29.1 Å². The van der Waals surface area contributed by atoms with E-state index in [1.165, 1.54) is 0 Å². The van der Waals surface area contributed by atoms with E-state index in [0.717, 1.165) is 58.2 Å². The van der Waals surface area contributed by atoms with Gasteiger partial charge in [-0.3, -0.25) is 0 Å². The number of carbonyl (C=O) groups is 1. The summed E-state index contributed by atoms with van der Waals surface area (Å²) in [6.45, 7) is 14.7. The average Bonchev–Trinajstić information content (AvgIpc) is 2.40. The summed E-state index contributed by atoms with van der Waals surface area (Å²) in [4.78, 5) is 17.7. The van der Waals surface area contributed by atoms with Crippen LogP contribution in [0, 0.1) is 0 Å². The minimum atomic E-state index is -0.247. The molecule has 111 valence electrons. The minimum absolute atomic E-state index is 0.247. The van der Waals surface area contributed by atoms with Gasteiger partial charge in [0.1, 0.15) is 25.2 Å². The van der Waals surface area contributed by atoms with Crippen molar-refractivity contribution in [3.05, 3.63) is 12.2 Å². The van der Waals surface area contributed by atoms with Gasteiger partial charge in [-0.05, 0) is 6.92 Å². The Balaban J connectivity index is 4.85. The first-order valence-corrected chi connectivity index (χ1v) is 7.76. The second kappa shape index (κ2) is 10.0. The summed E-state index contributed by atoms with van der Waals surface area (Å²) in [5.74, 6) is -0.247. The molecule has 0 aromatic carbocycles. The first-order chi connectivity index (χ1) is 9.01. The van der Waals surface area contributed by atoms with Crippen LogP contribution < -0.4 is 0 Å². The molecule has 0 heterocycles. The maximum atomic E-state index is 11.9. The Morgan fingerprint density at radius 1 is 0.947 bits per heavy atom.